The van der Waals surface area contributed by atoms with Crippen molar-refractivity contribution in [2.24, 2.45) is 11.8 Å². The third kappa shape index (κ3) is 5.19. The van der Waals surface area contributed by atoms with Gasteiger partial charge in [0.05, 0.1) is 17.6 Å². The van der Waals surface area contributed by atoms with Crippen LogP contribution in [0, 0.1) is 17.7 Å². The molecule has 1 aromatic heterocycles. The van der Waals surface area contributed by atoms with E-state index in [2.05, 4.69) is 34.7 Å². The van der Waals surface area contributed by atoms with Crippen molar-refractivity contribution >= 4 is 6.09 Å². The molecule has 1 saturated heterocycles. The highest BCUT2D eigenvalue weighted by Crippen LogP contribution is 2.46. The number of hydrogen-bond donors (Lipinski definition) is 1. The topological polar surface area (TPSA) is 59.4 Å². The van der Waals surface area contributed by atoms with Gasteiger partial charge in [0.1, 0.15) is 11.4 Å². The van der Waals surface area contributed by atoms with E-state index in [1.165, 1.54) is 6.07 Å². The van der Waals surface area contributed by atoms with Gasteiger partial charge in [-0.25, -0.2) is 13.9 Å². The Balaban J connectivity index is 1.20. The van der Waals surface area contributed by atoms with Crippen molar-refractivity contribution in [2.75, 3.05) is 13.1 Å². The molecule has 6 rings (SSSR count). The van der Waals surface area contributed by atoms with Crippen molar-refractivity contribution < 1.29 is 13.9 Å². The van der Waals surface area contributed by atoms with E-state index in [9.17, 15) is 4.79 Å². The van der Waals surface area contributed by atoms with Crippen LogP contribution in [0.15, 0.2) is 85.1 Å². The van der Waals surface area contributed by atoms with E-state index in [-0.39, 0.29) is 11.9 Å². The second-order valence-electron chi connectivity index (χ2n) is 11.4. The summed E-state index contributed by atoms with van der Waals surface area (Å²) in [5.41, 5.74) is 4.83. The number of aromatic nitrogens is 2. The SMILES string of the molecule is CC(C)(C)OC(=O)N1CC2C(C1)C2NCc1cnn(-c2ccc(-c3ccccc3)cc2)c1-c1ccccc1F. The van der Waals surface area contributed by atoms with E-state index >= 15 is 4.39 Å². The lowest BCUT2D eigenvalue weighted by Gasteiger charge is -2.26. The second-order valence-corrected chi connectivity index (χ2v) is 11.4. The van der Waals surface area contributed by atoms with Gasteiger partial charge in [-0.2, -0.15) is 5.10 Å². The van der Waals surface area contributed by atoms with Crippen LogP contribution in [0.3, 0.4) is 0 Å². The summed E-state index contributed by atoms with van der Waals surface area (Å²) in [5.74, 6) is 0.544. The van der Waals surface area contributed by atoms with Crippen LogP contribution in [-0.2, 0) is 11.3 Å². The van der Waals surface area contributed by atoms with E-state index < -0.39 is 5.60 Å². The molecule has 1 amide bonds. The molecule has 2 atom stereocenters. The lowest BCUT2D eigenvalue weighted by molar-refractivity contribution is 0.0269. The van der Waals surface area contributed by atoms with E-state index in [0.717, 1.165) is 28.1 Å². The van der Waals surface area contributed by atoms with Gasteiger partial charge in [-0.15, -0.1) is 0 Å². The number of benzene rings is 3. The zero-order chi connectivity index (χ0) is 27.1. The molecule has 2 unspecified atom stereocenters. The predicted octanol–water partition coefficient (Wildman–Crippen LogP) is 6.30. The summed E-state index contributed by atoms with van der Waals surface area (Å²) in [4.78, 5) is 14.2. The predicted molar refractivity (Wildman–Crippen MR) is 150 cm³/mol. The number of ether oxygens (including phenoxy) is 1. The smallest absolute Gasteiger partial charge is 0.410 e. The zero-order valence-electron chi connectivity index (χ0n) is 22.5. The van der Waals surface area contributed by atoms with Gasteiger partial charge >= 0.3 is 6.09 Å². The number of rotatable bonds is 6. The van der Waals surface area contributed by atoms with Crippen molar-refractivity contribution in [1.29, 1.82) is 0 Å². The highest BCUT2D eigenvalue weighted by atomic mass is 19.1. The van der Waals surface area contributed by atoms with Gasteiger partial charge in [0.25, 0.3) is 0 Å². The number of likely N-dealkylation sites (tertiary alicyclic amines) is 1. The average molecular weight is 525 g/mol. The Kier molecular flexibility index (Phi) is 6.47. The molecule has 6 nitrogen and oxygen atoms in total. The molecule has 39 heavy (non-hydrogen) atoms. The normalized spacial score (nSPS) is 20.1. The number of amides is 1. The maximum atomic E-state index is 15.0. The summed E-state index contributed by atoms with van der Waals surface area (Å²) in [7, 11) is 0. The van der Waals surface area contributed by atoms with E-state index in [1.807, 2.05) is 68.0 Å². The minimum absolute atomic E-state index is 0.241. The molecule has 1 N–H and O–H groups in total. The summed E-state index contributed by atoms with van der Waals surface area (Å²) in [6, 6.07) is 25.5. The van der Waals surface area contributed by atoms with Crippen LogP contribution in [0.5, 0.6) is 0 Å². The van der Waals surface area contributed by atoms with Gasteiger partial charge < -0.3 is 15.0 Å². The molecule has 0 radical (unpaired) electrons. The molecule has 2 fully saturated rings. The Morgan fingerprint density at radius 1 is 0.949 bits per heavy atom. The lowest BCUT2D eigenvalue weighted by Crippen LogP contribution is -2.39. The Bertz CT molecular complexity index is 1460. The fraction of sp³-hybridized carbons (Fsp3) is 0.312. The number of nitrogens with zero attached hydrogens (tertiary/aromatic N) is 3. The highest BCUT2D eigenvalue weighted by Gasteiger charge is 2.57. The molecule has 3 aromatic carbocycles. The fourth-order valence-electron chi connectivity index (χ4n) is 5.61. The number of nitrogens with one attached hydrogen (secondary N) is 1. The first-order chi connectivity index (χ1) is 18.8. The van der Waals surface area contributed by atoms with Crippen LogP contribution in [0.25, 0.3) is 28.1 Å². The van der Waals surface area contributed by atoms with Crippen molar-refractivity contribution in [1.82, 2.24) is 20.0 Å². The number of halogens is 1. The molecule has 2 aliphatic rings. The maximum Gasteiger partial charge on any atom is 0.410 e. The van der Waals surface area contributed by atoms with Crippen molar-refractivity contribution in [2.45, 2.75) is 39.0 Å². The fourth-order valence-corrected chi connectivity index (χ4v) is 5.61. The lowest BCUT2D eigenvalue weighted by atomic mass is 10.0. The number of carbonyl (C=O) groups is 1. The quantitative estimate of drug-likeness (QED) is 0.322. The van der Waals surface area contributed by atoms with Gasteiger partial charge in [0, 0.05) is 36.8 Å². The average Bonchev–Trinajstić information content (AvgIpc) is 3.23. The Morgan fingerprint density at radius 3 is 2.26 bits per heavy atom. The van der Waals surface area contributed by atoms with E-state index in [0.29, 0.717) is 43.1 Å². The molecule has 1 aliphatic carbocycles. The summed E-state index contributed by atoms with van der Waals surface area (Å²) >= 11 is 0. The number of fused-ring (bicyclic) bond motifs is 1. The number of hydrogen-bond acceptors (Lipinski definition) is 4. The van der Waals surface area contributed by atoms with Crippen LogP contribution in [0.1, 0.15) is 26.3 Å². The molecular formula is C32H33FN4O2. The van der Waals surface area contributed by atoms with Crippen molar-refractivity contribution in [3.63, 3.8) is 0 Å². The van der Waals surface area contributed by atoms with Gasteiger partial charge in [0.2, 0.25) is 0 Å². The third-order valence-corrected chi connectivity index (χ3v) is 7.57. The molecule has 0 spiro atoms. The maximum absolute atomic E-state index is 15.0. The molecule has 200 valence electrons. The second kappa shape index (κ2) is 9.97. The van der Waals surface area contributed by atoms with Crippen molar-refractivity contribution in [3.05, 3.63) is 96.4 Å². The minimum atomic E-state index is -0.493. The molecule has 4 aromatic rings. The number of carbonyl (C=O) groups excluding carboxylic acids is 1. The van der Waals surface area contributed by atoms with Gasteiger partial charge in [-0.05, 0) is 68.0 Å². The summed E-state index contributed by atoms with van der Waals surface area (Å²) in [5, 5.41) is 8.34. The van der Waals surface area contributed by atoms with Gasteiger partial charge in [-0.3, -0.25) is 0 Å². The monoisotopic (exact) mass is 524 g/mol. The molecule has 0 bridgehead atoms. The molecular weight excluding hydrogens is 491 g/mol. The summed E-state index contributed by atoms with van der Waals surface area (Å²) in [6.07, 6.45) is 1.58. The summed E-state index contributed by atoms with van der Waals surface area (Å²) in [6.45, 7) is 7.62. The van der Waals surface area contributed by atoms with Crippen LogP contribution in [-0.4, -0.2) is 45.5 Å². The van der Waals surface area contributed by atoms with E-state index in [1.54, 1.807) is 17.0 Å². The van der Waals surface area contributed by atoms with Crippen LogP contribution >= 0.6 is 0 Å². The third-order valence-electron chi connectivity index (χ3n) is 7.57. The van der Waals surface area contributed by atoms with Gasteiger partial charge in [-0.1, -0.05) is 54.6 Å². The van der Waals surface area contributed by atoms with Crippen LogP contribution < -0.4 is 5.32 Å². The molecule has 1 aliphatic heterocycles. The standard InChI is InChI=1S/C32H33FN4O2/c1-32(2,3)39-31(38)36-19-26-27(20-36)29(26)34-17-23-18-35-37(30(23)25-11-7-8-12-28(25)33)24-15-13-22(14-16-24)21-9-5-4-6-10-21/h4-16,18,26-27,29,34H,17,19-20H2,1-3H3. The Labute approximate surface area is 228 Å². The molecule has 7 heteroatoms. The first kappa shape index (κ1) is 25.3. The largest absolute Gasteiger partial charge is 0.444 e. The van der Waals surface area contributed by atoms with Crippen molar-refractivity contribution in [3.8, 4) is 28.1 Å². The summed E-state index contributed by atoms with van der Waals surface area (Å²) < 4.78 is 22.4. The van der Waals surface area contributed by atoms with Gasteiger partial charge in [0.15, 0.2) is 0 Å². The van der Waals surface area contributed by atoms with E-state index in [4.69, 9.17) is 4.74 Å². The van der Waals surface area contributed by atoms with Crippen LogP contribution in [0.2, 0.25) is 0 Å². The highest BCUT2D eigenvalue weighted by molar-refractivity contribution is 5.70. The van der Waals surface area contributed by atoms with Crippen LogP contribution in [0.4, 0.5) is 9.18 Å². The Hall–Kier alpha value is -3.97. The first-order valence-corrected chi connectivity index (χ1v) is 13.5. The minimum Gasteiger partial charge on any atom is -0.444 e. The molecule has 2 heterocycles. The zero-order valence-corrected chi connectivity index (χ0v) is 22.5. The Morgan fingerprint density at radius 2 is 1.59 bits per heavy atom. The molecule has 1 saturated carbocycles. The number of piperidine rings is 1. The first-order valence-electron chi connectivity index (χ1n) is 13.5.